The number of hydrogen-bond donors (Lipinski definition) is 0. The number of para-hydroxylation sites is 1. The zero-order valence-electron chi connectivity index (χ0n) is 18.0. The van der Waals surface area contributed by atoms with Crippen LogP contribution in [-0.4, -0.2) is 74.6 Å². The number of carbonyl (C=O) groups is 1. The summed E-state index contributed by atoms with van der Waals surface area (Å²) >= 11 is 12.2. The van der Waals surface area contributed by atoms with Crippen LogP contribution in [0.2, 0.25) is 10.0 Å². The van der Waals surface area contributed by atoms with E-state index in [-0.39, 0.29) is 11.9 Å². The average Bonchev–Trinajstić information content (AvgIpc) is 3.29. The van der Waals surface area contributed by atoms with E-state index in [1.54, 1.807) is 6.07 Å². The zero-order chi connectivity index (χ0) is 21.8. The van der Waals surface area contributed by atoms with Crippen LogP contribution in [-0.2, 0) is 4.79 Å². The molecule has 2 saturated heterocycles. The fourth-order valence-electron chi connectivity index (χ4n) is 4.58. The van der Waals surface area contributed by atoms with Crippen LogP contribution in [0.15, 0.2) is 48.5 Å². The Labute approximate surface area is 195 Å². The summed E-state index contributed by atoms with van der Waals surface area (Å²) in [5.74, 6) is 0.158. The van der Waals surface area contributed by atoms with Gasteiger partial charge in [-0.2, -0.15) is 0 Å². The lowest BCUT2D eigenvalue weighted by molar-refractivity contribution is -0.132. The summed E-state index contributed by atoms with van der Waals surface area (Å²) < 4.78 is 0. The van der Waals surface area contributed by atoms with Gasteiger partial charge in [-0.15, -0.1) is 0 Å². The second-order valence-corrected chi connectivity index (χ2v) is 9.30. The van der Waals surface area contributed by atoms with Gasteiger partial charge >= 0.3 is 0 Å². The molecule has 0 bridgehead atoms. The van der Waals surface area contributed by atoms with Crippen molar-refractivity contribution in [2.45, 2.75) is 18.9 Å². The summed E-state index contributed by atoms with van der Waals surface area (Å²) in [5.41, 5.74) is 2.12. The van der Waals surface area contributed by atoms with E-state index in [1.807, 2.05) is 30.1 Å². The maximum atomic E-state index is 13.3. The van der Waals surface area contributed by atoms with E-state index in [2.05, 4.69) is 39.0 Å². The fourth-order valence-corrected chi connectivity index (χ4v) is 4.88. The molecule has 1 amide bonds. The van der Waals surface area contributed by atoms with Gasteiger partial charge in [-0.05, 0) is 56.3 Å². The first-order chi connectivity index (χ1) is 15.0. The van der Waals surface area contributed by atoms with E-state index in [0.29, 0.717) is 16.6 Å². The summed E-state index contributed by atoms with van der Waals surface area (Å²) in [6, 6.07) is 16.2. The van der Waals surface area contributed by atoms with E-state index in [9.17, 15) is 4.79 Å². The summed E-state index contributed by atoms with van der Waals surface area (Å²) in [6.45, 7) is 5.97. The minimum atomic E-state index is 0.158. The van der Waals surface area contributed by atoms with Crippen molar-refractivity contribution in [1.29, 1.82) is 0 Å². The third kappa shape index (κ3) is 5.46. The Balaban J connectivity index is 1.46. The van der Waals surface area contributed by atoms with Crippen molar-refractivity contribution in [1.82, 2.24) is 9.80 Å². The van der Waals surface area contributed by atoms with Crippen LogP contribution in [0.5, 0.6) is 0 Å². The summed E-state index contributed by atoms with van der Waals surface area (Å²) in [7, 11) is 1.92. The highest BCUT2D eigenvalue weighted by Crippen LogP contribution is 2.27. The zero-order valence-corrected chi connectivity index (χ0v) is 19.5. The molecule has 1 unspecified atom stereocenters. The van der Waals surface area contributed by atoms with E-state index < -0.39 is 0 Å². The van der Waals surface area contributed by atoms with Gasteiger partial charge in [-0.25, -0.2) is 0 Å². The first kappa shape index (κ1) is 22.3. The molecule has 0 spiro atoms. The molecule has 5 nitrogen and oxygen atoms in total. The number of piperazine rings is 1. The van der Waals surface area contributed by atoms with E-state index in [1.165, 1.54) is 18.5 Å². The van der Waals surface area contributed by atoms with Crippen LogP contribution >= 0.6 is 23.2 Å². The van der Waals surface area contributed by atoms with Crippen molar-refractivity contribution in [3.8, 4) is 0 Å². The number of nitrogens with zero attached hydrogens (tertiary/aromatic N) is 4. The topological polar surface area (TPSA) is 30.0 Å². The number of carbonyl (C=O) groups excluding carboxylic acids is 1. The lowest BCUT2D eigenvalue weighted by atomic mass is 10.1. The van der Waals surface area contributed by atoms with Crippen molar-refractivity contribution < 1.29 is 4.79 Å². The second kappa shape index (κ2) is 10.1. The van der Waals surface area contributed by atoms with Crippen LogP contribution in [0.4, 0.5) is 11.4 Å². The van der Waals surface area contributed by atoms with E-state index in [4.69, 9.17) is 23.2 Å². The quantitative estimate of drug-likeness (QED) is 0.644. The number of likely N-dealkylation sites (tertiary alicyclic amines) is 1. The number of benzene rings is 2. The Kier molecular flexibility index (Phi) is 7.26. The van der Waals surface area contributed by atoms with Gasteiger partial charge < -0.3 is 19.6 Å². The largest absolute Gasteiger partial charge is 0.368 e. The number of hydrogen-bond acceptors (Lipinski definition) is 4. The molecule has 0 aliphatic carbocycles. The Morgan fingerprint density at radius 2 is 1.74 bits per heavy atom. The molecule has 166 valence electrons. The van der Waals surface area contributed by atoms with E-state index >= 15 is 0 Å². The Bertz CT molecular complexity index is 888. The normalized spacial score (nSPS) is 19.6. The number of rotatable bonds is 6. The summed E-state index contributed by atoms with van der Waals surface area (Å²) in [6.07, 6.45) is 2.51. The molecule has 2 aliphatic heterocycles. The maximum Gasteiger partial charge on any atom is 0.242 e. The molecule has 2 fully saturated rings. The van der Waals surface area contributed by atoms with Crippen molar-refractivity contribution in [2.75, 3.05) is 62.7 Å². The molecule has 1 atom stereocenters. The molecule has 0 N–H and O–H groups in total. The molecule has 2 aromatic carbocycles. The second-order valence-electron chi connectivity index (χ2n) is 8.48. The van der Waals surface area contributed by atoms with Gasteiger partial charge in [0.05, 0.1) is 22.6 Å². The first-order valence-corrected chi connectivity index (χ1v) is 11.7. The van der Waals surface area contributed by atoms with Crippen LogP contribution in [0.1, 0.15) is 12.8 Å². The van der Waals surface area contributed by atoms with Crippen molar-refractivity contribution in [3.63, 3.8) is 0 Å². The van der Waals surface area contributed by atoms with Gasteiger partial charge in [0, 0.05) is 44.6 Å². The highest BCUT2D eigenvalue weighted by Gasteiger charge is 2.32. The third-order valence-electron chi connectivity index (χ3n) is 6.31. The van der Waals surface area contributed by atoms with Gasteiger partial charge in [-0.1, -0.05) is 41.4 Å². The molecule has 7 heteroatoms. The first-order valence-electron chi connectivity index (χ1n) is 11.0. The summed E-state index contributed by atoms with van der Waals surface area (Å²) in [5, 5.41) is 1.02. The SMILES string of the molecule is CN(CC(=O)N1CCN(c2ccccc2)CC1CN1CCCC1)c1ccc(Cl)c(Cl)c1. The molecule has 0 aromatic heterocycles. The molecule has 2 heterocycles. The van der Waals surface area contributed by atoms with Crippen molar-refractivity contribution in [3.05, 3.63) is 58.6 Å². The fraction of sp³-hybridized carbons (Fsp3) is 0.458. The predicted octanol–water partition coefficient (Wildman–Crippen LogP) is 4.24. The Morgan fingerprint density at radius 1 is 1.00 bits per heavy atom. The highest BCUT2D eigenvalue weighted by molar-refractivity contribution is 6.42. The highest BCUT2D eigenvalue weighted by atomic mass is 35.5. The standard InChI is InChI=1S/C24H30Cl2N4O/c1-27(20-9-10-22(25)23(26)15-20)18-24(31)30-14-13-29(19-7-3-2-4-8-19)17-21(30)16-28-11-5-6-12-28/h2-4,7-10,15,21H,5-6,11-14,16-18H2,1H3. The molecule has 4 rings (SSSR count). The molecule has 0 saturated carbocycles. The van der Waals surface area contributed by atoms with Gasteiger partial charge in [0.15, 0.2) is 0 Å². The van der Waals surface area contributed by atoms with Crippen LogP contribution in [0.25, 0.3) is 0 Å². The lowest BCUT2D eigenvalue weighted by Crippen LogP contribution is -2.60. The molecule has 2 aliphatic rings. The number of likely N-dealkylation sites (N-methyl/N-ethyl adjacent to an activating group) is 1. The Morgan fingerprint density at radius 3 is 2.45 bits per heavy atom. The average molecular weight is 461 g/mol. The van der Waals surface area contributed by atoms with Crippen LogP contribution < -0.4 is 9.80 Å². The van der Waals surface area contributed by atoms with Crippen molar-refractivity contribution in [2.24, 2.45) is 0 Å². The van der Waals surface area contributed by atoms with Crippen LogP contribution in [0.3, 0.4) is 0 Å². The lowest BCUT2D eigenvalue weighted by Gasteiger charge is -2.44. The third-order valence-corrected chi connectivity index (χ3v) is 7.05. The van der Waals surface area contributed by atoms with Crippen molar-refractivity contribution >= 4 is 40.5 Å². The van der Waals surface area contributed by atoms with E-state index in [0.717, 1.165) is 45.0 Å². The smallest absolute Gasteiger partial charge is 0.242 e. The van der Waals surface area contributed by atoms with Crippen LogP contribution in [0, 0.1) is 0 Å². The molecular formula is C24H30Cl2N4O. The number of amides is 1. The summed E-state index contributed by atoms with van der Waals surface area (Å²) in [4.78, 5) is 22.3. The molecule has 2 aromatic rings. The maximum absolute atomic E-state index is 13.3. The minimum Gasteiger partial charge on any atom is -0.368 e. The predicted molar refractivity (Wildman–Crippen MR) is 130 cm³/mol. The number of halogens is 2. The molecule has 0 radical (unpaired) electrons. The minimum absolute atomic E-state index is 0.158. The number of anilines is 2. The van der Waals surface area contributed by atoms with Gasteiger partial charge in [0.25, 0.3) is 0 Å². The molecule has 31 heavy (non-hydrogen) atoms. The Hall–Kier alpha value is -1.95. The van der Waals surface area contributed by atoms with Gasteiger partial charge in [-0.3, -0.25) is 4.79 Å². The van der Waals surface area contributed by atoms with Gasteiger partial charge in [0.1, 0.15) is 0 Å². The monoisotopic (exact) mass is 460 g/mol. The van der Waals surface area contributed by atoms with Gasteiger partial charge in [0.2, 0.25) is 5.91 Å². The molecular weight excluding hydrogens is 431 g/mol.